The fraction of sp³-hybridized carbons (Fsp3) is 0.467. The summed E-state index contributed by atoms with van der Waals surface area (Å²) in [6, 6.07) is 4.46. The molecule has 0 aliphatic carbocycles. The van der Waals surface area contributed by atoms with Crippen molar-refractivity contribution in [3.8, 4) is 0 Å². The Balaban J connectivity index is 2.24. The van der Waals surface area contributed by atoms with Gasteiger partial charge in [-0.1, -0.05) is 6.92 Å². The number of carbonyl (C=O) groups is 2. The van der Waals surface area contributed by atoms with E-state index < -0.39 is 12.0 Å². The van der Waals surface area contributed by atoms with Crippen molar-refractivity contribution in [2.45, 2.75) is 26.3 Å². The third kappa shape index (κ3) is 2.99. The lowest BCUT2D eigenvalue weighted by atomic mass is 10.0. The molecule has 1 aromatic carbocycles. The maximum atomic E-state index is 13.0. The number of carbonyl (C=O) groups excluding carboxylic acids is 1. The van der Waals surface area contributed by atoms with Gasteiger partial charge in [-0.3, -0.25) is 4.90 Å². The van der Waals surface area contributed by atoms with E-state index in [2.05, 4.69) is 0 Å². The highest BCUT2D eigenvalue weighted by molar-refractivity contribution is 5.94. The normalized spacial score (nSPS) is 21.4. The molecule has 0 radical (unpaired) electrons. The quantitative estimate of drug-likeness (QED) is 0.932. The van der Waals surface area contributed by atoms with Crippen LogP contribution in [0, 0.1) is 11.7 Å². The minimum atomic E-state index is -0.983. The largest absolute Gasteiger partial charge is 0.480 e. The van der Waals surface area contributed by atoms with Gasteiger partial charge in [-0.25, -0.2) is 14.0 Å². The van der Waals surface area contributed by atoms with Gasteiger partial charge in [-0.15, -0.1) is 0 Å². The summed E-state index contributed by atoms with van der Waals surface area (Å²) in [5.74, 6) is -1.43. The zero-order chi connectivity index (χ0) is 15.6. The van der Waals surface area contributed by atoms with E-state index in [-0.39, 0.29) is 17.8 Å². The first-order valence-electron chi connectivity index (χ1n) is 7.02. The number of hydrogen-bond donors (Lipinski definition) is 1. The van der Waals surface area contributed by atoms with Gasteiger partial charge in [0.1, 0.15) is 11.9 Å². The standard InChI is InChI=1S/C15H19FN2O3/c1-3-17(12-6-4-11(16)5-7-12)15(21)18-9-8-10(2)13(18)14(19)20/h4-7,10,13H,3,8-9H2,1-2H3,(H,19,20). The van der Waals surface area contributed by atoms with Crippen LogP contribution in [-0.4, -0.2) is 41.1 Å². The molecule has 0 spiro atoms. The molecule has 1 aromatic rings. The molecule has 0 bridgehead atoms. The highest BCUT2D eigenvalue weighted by Crippen LogP contribution is 2.27. The maximum Gasteiger partial charge on any atom is 0.326 e. The lowest BCUT2D eigenvalue weighted by molar-refractivity contribution is -0.142. The Morgan fingerprint density at radius 3 is 2.52 bits per heavy atom. The molecule has 2 rings (SSSR count). The Morgan fingerprint density at radius 1 is 1.38 bits per heavy atom. The van der Waals surface area contributed by atoms with Gasteiger partial charge in [0.15, 0.2) is 0 Å². The number of halogens is 1. The van der Waals surface area contributed by atoms with Crippen molar-refractivity contribution < 1.29 is 19.1 Å². The third-order valence-corrected chi connectivity index (χ3v) is 3.88. The molecule has 1 N–H and O–H groups in total. The van der Waals surface area contributed by atoms with Gasteiger partial charge in [-0.05, 0) is 43.5 Å². The number of aliphatic carboxylic acids is 1. The van der Waals surface area contributed by atoms with Gasteiger partial charge >= 0.3 is 12.0 Å². The molecule has 2 amide bonds. The topological polar surface area (TPSA) is 60.9 Å². The van der Waals surface area contributed by atoms with Crippen molar-refractivity contribution in [1.29, 1.82) is 0 Å². The Hall–Kier alpha value is -2.11. The molecule has 21 heavy (non-hydrogen) atoms. The number of rotatable bonds is 3. The Kier molecular flexibility index (Phi) is 4.45. The third-order valence-electron chi connectivity index (χ3n) is 3.88. The predicted molar refractivity (Wildman–Crippen MR) is 76.7 cm³/mol. The zero-order valence-corrected chi connectivity index (χ0v) is 12.1. The first-order chi connectivity index (χ1) is 9.95. The number of urea groups is 1. The van der Waals surface area contributed by atoms with Gasteiger partial charge < -0.3 is 10.0 Å². The molecule has 1 fully saturated rings. The van der Waals surface area contributed by atoms with E-state index in [1.807, 2.05) is 6.92 Å². The maximum absolute atomic E-state index is 13.0. The average Bonchev–Trinajstić information content (AvgIpc) is 2.83. The van der Waals surface area contributed by atoms with Crippen LogP contribution in [0.5, 0.6) is 0 Å². The Bertz CT molecular complexity index is 532. The van der Waals surface area contributed by atoms with Gasteiger partial charge in [0.05, 0.1) is 0 Å². The molecule has 2 atom stereocenters. The molecule has 1 heterocycles. The fourth-order valence-electron chi connectivity index (χ4n) is 2.74. The van der Waals surface area contributed by atoms with Crippen LogP contribution in [-0.2, 0) is 4.79 Å². The summed E-state index contributed by atoms with van der Waals surface area (Å²) in [5, 5.41) is 9.30. The Labute approximate surface area is 123 Å². The second-order valence-corrected chi connectivity index (χ2v) is 5.25. The molecule has 0 aromatic heterocycles. The van der Waals surface area contributed by atoms with Gasteiger partial charge in [0.2, 0.25) is 0 Å². The van der Waals surface area contributed by atoms with E-state index >= 15 is 0 Å². The SMILES string of the molecule is CCN(C(=O)N1CCC(C)C1C(=O)O)c1ccc(F)cc1. The van der Waals surface area contributed by atoms with Crippen LogP contribution in [0.25, 0.3) is 0 Å². The molecule has 2 unspecified atom stereocenters. The smallest absolute Gasteiger partial charge is 0.326 e. The average molecular weight is 294 g/mol. The van der Waals surface area contributed by atoms with Gasteiger partial charge in [-0.2, -0.15) is 0 Å². The van der Waals surface area contributed by atoms with Crippen LogP contribution < -0.4 is 4.90 Å². The predicted octanol–water partition coefficient (Wildman–Crippen LogP) is 2.57. The second kappa shape index (κ2) is 6.11. The van der Waals surface area contributed by atoms with Crippen molar-refractivity contribution in [3.05, 3.63) is 30.1 Å². The number of carboxylic acid groups (broad SMARTS) is 1. The number of nitrogens with zero attached hydrogens (tertiary/aromatic N) is 2. The molecule has 5 nitrogen and oxygen atoms in total. The minimum absolute atomic E-state index is 0.0710. The minimum Gasteiger partial charge on any atom is -0.480 e. The fourth-order valence-corrected chi connectivity index (χ4v) is 2.74. The molecule has 1 aliphatic heterocycles. The van der Waals surface area contributed by atoms with Crippen molar-refractivity contribution in [1.82, 2.24) is 4.90 Å². The first-order valence-corrected chi connectivity index (χ1v) is 7.02. The van der Waals surface area contributed by atoms with Crippen molar-refractivity contribution in [2.75, 3.05) is 18.0 Å². The number of likely N-dealkylation sites (tertiary alicyclic amines) is 1. The van der Waals surface area contributed by atoms with E-state index in [9.17, 15) is 19.1 Å². The van der Waals surface area contributed by atoms with Crippen LogP contribution in [0.3, 0.4) is 0 Å². The summed E-state index contributed by atoms with van der Waals surface area (Å²) in [5.41, 5.74) is 0.563. The summed E-state index contributed by atoms with van der Waals surface area (Å²) < 4.78 is 13.0. The van der Waals surface area contributed by atoms with E-state index in [0.29, 0.717) is 25.2 Å². The van der Waals surface area contributed by atoms with E-state index in [1.165, 1.54) is 34.1 Å². The first kappa shape index (κ1) is 15.3. The monoisotopic (exact) mass is 294 g/mol. The van der Waals surface area contributed by atoms with Crippen LogP contribution in [0.1, 0.15) is 20.3 Å². The van der Waals surface area contributed by atoms with Crippen LogP contribution in [0.15, 0.2) is 24.3 Å². The van der Waals surface area contributed by atoms with E-state index in [4.69, 9.17) is 0 Å². The molecule has 1 aliphatic rings. The highest BCUT2D eigenvalue weighted by atomic mass is 19.1. The molecule has 1 saturated heterocycles. The van der Waals surface area contributed by atoms with E-state index in [0.717, 1.165) is 0 Å². The molecule has 114 valence electrons. The summed E-state index contributed by atoms with van der Waals surface area (Å²) in [6.45, 7) is 4.45. The van der Waals surface area contributed by atoms with Crippen LogP contribution >= 0.6 is 0 Å². The van der Waals surface area contributed by atoms with Crippen LogP contribution in [0.2, 0.25) is 0 Å². The zero-order valence-electron chi connectivity index (χ0n) is 12.1. The van der Waals surface area contributed by atoms with Crippen LogP contribution in [0.4, 0.5) is 14.9 Å². The van der Waals surface area contributed by atoms with Crippen molar-refractivity contribution >= 4 is 17.7 Å². The number of amides is 2. The molecular formula is C15H19FN2O3. The van der Waals surface area contributed by atoms with E-state index in [1.54, 1.807) is 6.92 Å². The number of carboxylic acids is 1. The second-order valence-electron chi connectivity index (χ2n) is 5.25. The Morgan fingerprint density at radius 2 is 2.00 bits per heavy atom. The number of hydrogen-bond acceptors (Lipinski definition) is 2. The summed E-state index contributed by atoms with van der Waals surface area (Å²) >= 11 is 0. The molecule has 0 saturated carbocycles. The summed E-state index contributed by atoms with van der Waals surface area (Å²) in [6.07, 6.45) is 0.670. The summed E-state index contributed by atoms with van der Waals surface area (Å²) in [7, 11) is 0. The lowest BCUT2D eigenvalue weighted by Crippen LogP contribution is -2.49. The number of anilines is 1. The summed E-state index contributed by atoms with van der Waals surface area (Å²) in [4.78, 5) is 26.8. The lowest BCUT2D eigenvalue weighted by Gasteiger charge is -2.30. The number of benzene rings is 1. The molecular weight excluding hydrogens is 275 g/mol. The molecule has 6 heteroatoms. The highest BCUT2D eigenvalue weighted by Gasteiger charge is 2.41. The van der Waals surface area contributed by atoms with Crippen molar-refractivity contribution in [2.24, 2.45) is 5.92 Å². The van der Waals surface area contributed by atoms with Crippen molar-refractivity contribution in [3.63, 3.8) is 0 Å². The van der Waals surface area contributed by atoms with Gasteiger partial charge in [0.25, 0.3) is 0 Å². The van der Waals surface area contributed by atoms with Gasteiger partial charge in [0, 0.05) is 18.8 Å².